The molecule has 0 bridgehead atoms. The first kappa shape index (κ1) is 16.1. The van der Waals surface area contributed by atoms with E-state index in [1.165, 1.54) is 7.11 Å². The van der Waals surface area contributed by atoms with Crippen molar-refractivity contribution in [3.05, 3.63) is 35.9 Å². The summed E-state index contributed by atoms with van der Waals surface area (Å²) in [5.41, 5.74) is 8.95. The second kappa shape index (κ2) is 7.57. The number of rotatable bonds is 5. The van der Waals surface area contributed by atoms with Crippen molar-refractivity contribution in [2.45, 2.75) is 4.90 Å². The molecule has 0 fully saturated rings. The SMILES string of the molecule is COOOSc1cc2ccccc2c(O)c1N=[N-].[W+2]. The molecular formula is C11H9N2O4SW+. The molecule has 0 aliphatic heterocycles. The van der Waals surface area contributed by atoms with Gasteiger partial charge in [0.25, 0.3) is 0 Å². The van der Waals surface area contributed by atoms with E-state index in [0.717, 1.165) is 17.4 Å². The summed E-state index contributed by atoms with van der Waals surface area (Å²) in [5.74, 6) is -0.126. The van der Waals surface area contributed by atoms with E-state index in [0.29, 0.717) is 10.3 Å². The van der Waals surface area contributed by atoms with Gasteiger partial charge in [0.05, 0.1) is 29.7 Å². The predicted molar refractivity (Wildman–Crippen MR) is 66.1 cm³/mol. The van der Waals surface area contributed by atoms with Gasteiger partial charge in [-0.05, 0) is 11.5 Å². The average molecular weight is 449 g/mol. The summed E-state index contributed by atoms with van der Waals surface area (Å²) in [5, 5.41) is 18.7. The monoisotopic (exact) mass is 449 g/mol. The third-order valence-electron chi connectivity index (χ3n) is 2.28. The Balaban J connectivity index is 0.00000180. The molecule has 0 unspecified atom stereocenters. The topological polar surface area (TPSA) is 82.6 Å². The molecule has 98 valence electrons. The summed E-state index contributed by atoms with van der Waals surface area (Å²) < 4.78 is 4.63. The van der Waals surface area contributed by atoms with Gasteiger partial charge in [0.15, 0.2) is 0 Å². The zero-order valence-corrected chi connectivity index (χ0v) is 13.5. The summed E-state index contributed by atoms with van der Waals surface area (Å²) in [6, 6.07) is 8.85. The standard InChI is InChI=1S/C11H9N2O4S.W/c1-15-16-17-18-9-6-7-4-2-3-5-8(7)11(14)10(9)13-12;/h2-6,14H,1H3;/q-1;+2. The van der Waals surface area contributed by atoms with Crippen LogP contribution in [0.3, 0.4) is 0 Å². The second-order valence-corrected chi connectivity index (χ2v) is 4.02. The number of aromatic hydroxyl groups is 1. The first-order valence-electron chi connectivity index (χ1n) is 4.91. The Hall–Kier alpha value is -0.982. The Morgan fingerprint density at radius 3 is 2.74 bits per heavy atom. The van der Waals surface area contributed by atoms with Gasteiger partial charge in [-0.15, -0.1) is 4.33 Å². The summed E-state index contributed by atoms with van der Waals surface area (Å²) in [6.07, 6.45) is 0. The molecule has 0 spiro atoms. The van der Waals surface area contributed by atoms with E-state index in [1.807, 2.05) is 12.1 Å². The molecule has 2 aromatic rings. The van der Waals surface area contributed by atoms with E-state index in [9.17, 15) is 5.11 Å². The minimum Gasteiger partial charge on any atom is -0.706 e. The minimum atomic E-state index is -0.126. The molecule has 0 aliphatic rings. The quantitative estimate of drug-likeness (QED) is 0.248. The summed E-state index contributed by atoms with van der Waals surface area (Å²) in [7, 11) is 1.29. The van der Waals surface area contributed by atoms with Crippen molar-refractivity contribution in [2.24, 2.45) is 5.11 Å². The third-order valence-corrected chi connectivity index (χ3v) is 2.89. The molecule has 2 aromatic carbocycles. The smallest absolute Gasteiger partial charge is 0.706 e. The number of hydrogen-bond acceptors (Lipinski definition) is 6. The van der Waals surface area contributed by atoms with Crippen LogP contribution in [0.25, 0.3) is 16.3 Å². The van der Waals surface area contributed by atoms with Crippen molar-refractivity contribution in [1.82, 2.24) is 0 Å². The van der Waals surface area contributed by atoms with Gasteiger partial charge in [-0.3, -0.25) is 0 Å². The van der Waals surface area contributed by atoms with Crippen LogP contribution in [0.15, 0.2) is 40.3 Å². The van der Waals surface area contributed by atoms with Crippen LogP contribution in [-0.2, 0) is 35.3 Å². The molecule has 19 heavy (non-hydrogen) atoms. The first-order chi connectivity index (χ1) is 8.77. The average Bonchev–Trinajstić information content (AvgIpc) is 2.39. The second-order valence-electron chi connectivity index (χ2n) is 3.28. The molecule has 0 aliphatic carbocycles. The normalized spacial score (nSPS) is 10.2. The van der Waals surface area contributed by atoms with E-state index in [-0.39, 0.29) is 32.5 Å². The van der Waals surface area contributed by atoms with Crippen LogP contribution in [0.4, 0.5) is 5.69 Å². The largest absolute Gasteiger partial charge is 2.00 e. The molecule has 1 N–H and O–H groups in total. The van der Waals surface area contributed by atoms with Crippen molar-refractivity contribution in [3.63, 3.8) is 0 Å². The van der Waals surface area contributed by atoms with Gasteiger partial charge < -0.3 is 15.8 Å². The fourth-order valence-electron chi connectivity index (χ4n) is 1.53. The number of hydrogen-bond donors (Lipinski definition) is 1. The molecule has 0 atom stereocenters. The van der Waals surface area contributed by atoms with Gasteiger partial charge in [-0.25, -0.2) is 4.89 Å². The molecule has 8 heteroatoms. The predicted octanol–water partition coefficient (Wildman–Crippen LogP) is 3.71. The van der Waals surface area contributed by atoms with Crippen molar-refractivity contribution in [1.29, 1.82) is 0 Å². The van der Waals surface area contributed by atoms with Crippen molar-refractivity contribution >= 4 is 28.5 Å². The van der Waals surface area contributed by atoms with Crippen LogP contribution >= 0.6 is 12.0 Å². The zero-order valence-electron chi connectivity index (χ0n) is 9.77. The van der Waals surface area contributed by atoms with Crippen LogP contribution in [0.2, 0.25) is 0 Å². The molecule has 0 radical (unpaired) electrons. The van der Waals surface area contributed by atoms with Crippen LogP contribution < -0.4 is 0 Å². The Morgan fingerprint density at radius 1 is 1.32 bits per heavy atom. The Kier molecular flexibility index (Phi) is 6.40. The zero-order chi connectivity index (χ0) is 13.0. The van der Waals surface area contributed by atoms with Crippen LogP contribution in [0.1, 0.15) is 0 Å². The molecular weight excluding hydrogens is 440 g/mol. The number of benzene rings is 2. The van der Waals surface area contributed by atoms with Gasteiger partial charge in [0.1, 0.15) is 5.75 Å². The van der Waals surface area contributed by atoms with E-state index < -0.39 is 0 Å². The third kappa shape index (κ3) is 3.52. The van der Waals surface area contributed by atoms with Crippen molar-refractivity contribution in [2.75, 3.05) is 7.11 Å². The maximum absolute atomic E-state index is 9.99. The van der Waals surface area contributed by atoms with Crippen LogP contribution in [0, 0.1) is 0 Å². The van der Waals surface area contributed by atoms with Crippen molar-refractivity contribution in [3.8, 4) is 5.75 Å². The Labute approximate surface area is 127 Å². The van der Waals surface area contributed by atoms with Gasteiger partial charge in [0.2, 0.25) is 0 Å². The maximum atomic E-state index is 9.99. The molecule has 0 saturated carbocycles. The number of nitrogens with zero attached hydrogens (tertiary/aromatic N) is 2. The summed E-state index contributed by atoms with van der Waals surface area (Å²) >= 11 is 0.764. The molecule has 6 nitrogen and oxygen atoms in total. The summed E-state index contributed by atoms with van der Waals surface area (Å²) in [6.45, 7) is 0. The number of phenols is 1. The molecule has 0 aromatic heterocycles. The summed E-state index contributed by atoms with van der Waals surface area (Å²) in [4.78, 5) is 4.65. The van der Waals surface area contributed by atoms with Crippen LogP contribution in [-0.4, -0.2) is 12.2 Å². The fraction of sp³-hybridized carbons (Fsp3) is 0.0909. The van der Waals surface area contributed by atoms with Gasteiger partial charge in [-0.2, -0.15) is 0 Å². The van der Waals surface area contributed by atoms with Gasteiger partial charge >= 0.3 is 21.1 Å². The van der Waals surface area contributed by atoms with Crippen molar-refractivity contribution < 1.29 is 40.4 Å². The van der Waals surface area contributed by atoms with Crippen LogP contribution in [0.5, 0.6) is 5.75 Å². The maximum Gasteiger partial charge on any atom is 2.00 e. The van der Waals surface area contributed by atoms with E-state index in [1.54, 1.807) is 18.2 Å². The first-order valence-corrected chi connectivity index (χ1v) is 5.66. The molecule has 2 rings (SSSR count). The van der Waals surface area contributed by atoms with E-state index >= 15 is 0 Å². The Bertz CT molecular complexity index is 582. The number of fused-ring (bicyclic) bond motifs is 1. The molecule has 0 heterocycles. The van der Waals surface area contributed by atoms with Gasteiger partial charge in [0, 0.05) is 5.39 Å². The fourth-order valence-corrected chi connectivity index (χ4v) is 2.08. The number of phenolic OH excluding ortho intramolecular Hbond substituents is 1. The molecule has 0 saturated heterocycles. The Morgan fingerprint density at radius 2 is 2.05 bits per heavy atom. The van der Waals surface area contributed by atoms with E-state index in [2.05, 4.69) is 19.4 Å². The van der Waals surface area contributed by atoms with Gasteiger partial charge in [-0.1, -0.05) is 29.3 Å². The molecule has 0 amide bonds. The van der Waals surface area contributed by atoms with E-state index in [4.69, 9.17) is 5.53 Å². The minimum absolute atomic E-state index is 0.